The SMILES string of the molecule is CCCCN(Cc1ccc(C(=O)NCC(=O)O)cc1)c1nc(-c2cccc(OC)c2)cs1. The third kappa shape index (κ3) is 6.31. The van der Waals surface area contributed by atoms with Gasteiger partial charge in [0.25, 0.3) is 5.91 Å². The summed E-state index contributed by atoms with van der Waals surface area (Å²) < 4.78 is 5.32. The first-order chi connectivity index (χ1) is 15.5. The summed E-state index contributed by atoms with van der Waals surface area (Å²) >= 11 is 1.61. The maximum absolute atomic E-state index is 12.0. The number of aromatic nitrogens is 1. The minimum Gasteiger partial charge on any atom is -0.497 e. The standard InChI is InChI=1S/C24H27N3O4S/c1-3-4-12-27(15-17-8-10-18(11-9-17)23(30)25-14-22(28)29)24-26-21(16-32-24)19-6-5-7-20(13-19)31-2/h5-11,13,16H,3-4,12,14-15H2,1-2H3,(H,25,30)(H,28,29). The molecule has 168 valence electrons. The Morgan fingerprint density at radius 1 is 1.19 bits per heavy atom. The monoisotopic (exact) mass is 453 g/mol. The zero-order chi connectivity index (χ0) is 22.9. The van der Waals surface area contributed by atoms with Crippen LogP contribution in [-0.2, 0) is 11.3 Å². The first-order valence-corrected chi connectivity index (χ1v) is 11.3. The number of methoxy groups -OCH3 is 1. The van der Waals surface area contributed by atoms with Crippen molar-refractivity contribution in [3.8, 4) is 17.0 Å². The van der Waals surface area contributed by atoms with Crippen molar-refractivity contribution < 1.29 is 19.4 Å². The van der Waals surface area contributed by atoms with Gasteiger partial charge in [-0.15, -0.1) is 11.3 Å². The normalized spacial score (nSPS) is 10.6. The van der Waals surface area contributed by atoms with E-state index in [-0.39, 0.29) is 0 Å². The van der Waals surface area contributed by atoms with Gasteiger partial charge in [0.05, 0.1) is 12.8 Å². The predicted octanol–water partition coefficient (Wildman–Crippen LogP) is 4.44. The number of nitrogens with zero attached hydrogens (tertiary/aromatic N) is 2. The summed E-state index contributed by atoms with van der Waals surface area (Å²) in [5.41, 5.74) is 3.41. The largest absolute Gasteiger partial charge is 0.497 e. The van der Waals surface area contributed by atoms with Crippen molar-refractivity contribution in [2.75, 3.05) is 25.1 Å². The van der Waals surface area contributed by atoms with Crippen LogP contribution in [0.15, 0.2) is 53.9 Å². The van der Waals surface area contributed by atoms with E-state index in [9.17, 15) is 9.59 Å². The van der Waals surface area contributed by atoms with Crippen molar-refractivity contribution in [2.45, 2.75) is 26.3 Å². The summed E-state index contributed by atoms with van der Waals surface area (Å²) in [4.78, 5) is 29.8. The second-order valence-electron chi connectivity index (χ2n) is 7.30. The highest BCUT2D eigenvalue weighted by atomic mass is 32.1. The summed E-state index contributed by atoms with van der Waals surface area (Å²) in [6.07, 6.45) is 2.12. The topological polar surface area (TPSA) is 91.8 Å². The van der Waals surface area contributed by atoms with E-state index in [1.165, 1.54) is 0 Å². The molecule has 32 heavy (non-hydrogen) atoms. The summed E-state index contributed by atoms with van der Waals surface area (Å²) in [5, 5.41) is 14.1. The molecule has 0 aliphatic heterocycles. The van der Waals surface area contributed by atoms with Gasteiger partial charge in [-0.2, -0.15) is 0 Å². The van der Waals surface area contributed by atoms with Crippen molar-refractivity contribution >= 4 is 28.3 Å². The lowest BCUT2D eigenvalue weighted by molar-refractivity contribution is -0.135. The maximum Gasteiger partial charge on any atom is 0.322 e. The van der Waals surface area contributed by atoms with Crippen LogP contribution in [0.5, 0.6) is 5.75 Å². The quantitative estimate of drug-likeness (QED) is 0.446. The number of carbonyl (C=O) groups excluding carboxylic acids is 1. The Kier molecular flexibility index (Phi) is 8.21. The molecule has 0 radical (unpaired) electrons. The van der Waals surface area contributed by atoms with Gasteiger partial charge in [0.15, 0.2) is 5.13 Å². The number of nitrogens with one attached hydrogen (secondary N) is 1. The van der Waals surface area contributed by atoms with Crippen molar-refractivity contribution in [1.29, 1.82) is 0 Å². The minimum absolute atomic E-state index is 0.398. The summed E-state index contributed by atoms with van der Waals surface area (Å²) in [7, 11) is 1.65. The van der Waals surface area contributed by atoms with Gasteiger partial charge in [0.1, 0.15) is 12.3 Å². The van der Waals surface area contributed by atoms with Gasteiger partial charge in [0.2, 0.25) is 0 Å². The highest BCUT2D eigenvalue weighted by Gasteiger charge is 2.14. The Balaban J connectivity index is 1.74. The van der Waals surface area contributed by atoms with E-state index in [1.54, 1.807) is 30.6 Å². The van der Waals surface area contributed by atoms with E-state index in [0.29, 0.717) is 12.1 Å². The molecule has 3 aromatic rings. The highest BCUT2D eigenvalue weighted by Crippen LogP contribution is 2.30. The summed E-state index contributed by atoms with van der Waals surface area (Å²) in [6, 6.07) is 15.1. The molecule has 0 saturated carbocycles. The van der Waals surface area contributed by atoms with Gasteiger partial charge >= 0.3 is 5.97 Å². The Labute approximate surface area is 191 Å². The lowest BCUT2D eigenvalue weighted by Crippen LogP contribution is -2.29. The fraction of sp³-hybridized carbons (Fsp3) is 0.292. The Hall–Kier alpha value is -3.39. The van der Waals surface area contributed by atoms with Gasteiger partial charge in [-0.1, -0.05) is 37.6 Å². The van der Waals surface area contributed by atoms with Crippen molar-refractivity contribution in [2.24, 2.45) is 0 Å². The highest BCUT2D eigenvalue weighted by molar-refractivity contribution is 7.14. The molecule has 1 aromatic heterocycles. The molecule has 0 aliphatic carbocycles. The van der Waals surface area contributed by atoms with Crippen LogP contribution in [-0.4, -0.2) is 42.2 Å². The molecule has 0 saturated heterocycles. The second kappa shape index (κ2) is 11.3. The molecule has 0 spiro atoms. The van der Waals surface area contributed by atoms with Crippen molar-refractivity contribution in [3.05, 3.63) is 65.0 Å². The minimum atomic E-state index is -1.07. The zero-order valence-electron chi connectivity index (χ0n) is 18.2. The smallest absolute Gasteiger partial charge is 0.322 e. The fourth-order valence-electron chi connectivity index (χ4n) is 3.16. The first kappa shape index (κ1) is 23.3. The van der Waals surface area contributed by atoms with E-state index in [2.05, 4.69) is 22.5 Å². The van der Waals surface area contributed by atoms with Crippen LogP contribution >= 0.6 is 11.3 Å². The van der Waals surface area contributed by atoms with Crippen LogP contribution in [0.4, 0.5) is 5.13 Å². The molecule has 1 amide bonds. The number of benzene rings is 2. The molecule has 2 N–H and O–H groups in total. The van der Waals surface area contributed by atoms with E-state index in [4.69, 9.17) is 14.8 Å². The number of ether oxygens (including phenoxy) is 1. The molecule has 2 aromatic carbocycles. The molecule has 0 aliphatic rings. The van der Waals surface area contributed by atoms with Gasteiger partial charge in [-0.3, -0.25) is 9.59 Å². The zero-order valence-corrected chi connectivity index (χ0v) is 19.0. The summed E-state index contributed by atoms with van der Waals surface area (Å²) in [6.45, 7) is 3.31. The van der Waals surface area contributed by atoms with Crippen LogP contribution in [0.25, 0.3) is 11.3 Å². The molecular weight excluding hydrogens is 426 g/mol. The number of anilines is 1. The van der Waals surface area contributed by atoms with Crippen molar-refractivity contribution in [1.82, 2.24) is 10.3 Å². The van der Waals surface area contributed by atoms with E-state index in [0.717, 1.165) is 47.1 Å². The Bertz CT molecular complexity index is 1050. The molecule has 7 nitrogen and oxygen atoms in total. The number of carbonyl (C=O) groups is 2. The average molecular weight is 454 g/mol. The predicted molar refractivity (Wildman–Crippen MR) is 126 cm³/mol. The van der Waals surface area contributed by atoms with E-state index in [1.807, 2.05) is 36.4 Å². The number of thiazole rings is 1. The lowest BCUT2D eigenvalue weighted by atomic mass is 10.1. The van der Waals surface area contributed by atoms with Crippen LogP contribution in [0.3, 0.4) is 0 Å². The number of hydrogen-bond acceptors (Lipinski definition) is 6. The number of aliphatic carboxylic acids is 1. The number of rotatable bonds is 11. The maximum atomic E-state index is 12.0. The van der Waals surface area contributed by atoms with Crippen LogP contribution < -0.4 is 15.0 Å². The molecule has 3 rings (SSSR count). The molecule has 0 unspecified atom stereocenters. The second-order valence-corrected chi connectivity index (χ2v) is 8.13. The number of unbranched alkanes of at least 4 members (excludes halogenated alkanes) is 1. The average Bonchev–Trinajstić information content (AvgIpc) is 3.31. The number of amides is 1. The molecular formula is C24H27N3O4S. The Morgan fingerprint density at radius 3 is 2.66 bits per heavy atom. The Morgan fingerprint density at radius 2 is 1.97 bits per heavy atom. The molecule has 8 heteroatoms. The first-order valence-electron chi connectivity index (χ1n) is 10.4. The van der Waals surface area contributed by atoms with Gasteiger partial charge in [-0.25, -0.2) is 4.98 Å². The van der Waals surface area contributed by atoms with Crippen LogP contribution in [0, 0.1) is 0 Å². The number of hydrogen-bond donors (Lipinski definition) is 2. The third-order valence-corrected chi connectivity index (χ3v) is 5.80. The van der Waals surface area contributed by atoms with E-state index >= 15 is 0 Å². The molecule has 0 fully saturated rings. The number of carboxylic acid groups (broad SMARTS) is 1. The molecule has 1 heterocycles. The number of carboxylic acids is 1. The molecule has 0 bridgehead atoms. The fourth-order valence-corrected chi connectivity index (χ4v) is 4.02. The third-order valence-electron chi connectivity index (χ3n) is 4.90. The van der Waals surface area contributed by atoms with Crippen LogP contribution in [0.1, 0.15) is 35.7 Å². The van der Waals surface area contributed by atoms with Gasteiger partial charge in [-0.05, 0) is 36.2 Å². The molecule has 0 atom stereocenters. The van der Waals surface area contributed by atoms with Crippen molar-refractivity contribution in [3.63, 3.8) is 0 Å². The van der Waals surface area contributed by atoms with Crippen LogP contribution in [0.2, 0.25) is 0 Å². The van der Waals surface area contributed by atoms with E-state index < -0.39 is 18.4 Å². The van der Waals surface area contributed by atoms with Gasteiger partial charge < -0.3 is 20.1 Å². The lowest BCUT2D eigenvalue weighted by Gasteiger charge is -2.22. The van der Waals surface area contributed by atoms with Gasteiger partial charge in [0, 0.05) is 29.6 Å². The summed E-state index contributed by atoms with van der Waals surface area (Å²) in [5.74, 6) is -0.671.